The summed E-state index contributed by atoms with van der Waals surface area (Å²) < 4.78 is 2.88. The number of ketones is 1. The van der Waals surface area contributed by atoms with E-state index in [0.29, 0.717) is 10.9 Å². The van der Waals surface area contributed by atoms with E-state index >= 15 is 0 Å². The van der Waals surface area contributed by atoms with Crippen molar-refractivity contribution in [1.82, 2.24) is 20.2 Å². The highest BCUT2D eigenvalue weighted by Gasteiger charge is 2.17. The van der Waals surface area contributed by atoms with Gasteiger partial charge in [-0.1, -0.05) is 30.0 Å². The Morgan fingerprint density at radius 2 is 2.14 bits per heavy atom. The Bertz CT molecular complexity index is 822. The molecular formula is C15H16N4OS2. The van der Waals surface area contributed by atoms with Gasteiger partial charge in [-0.05, 0) is 48.2 Å². The van der Waals surface area contributed by atoms with Crippen molar-refractivity contribution in [1.29, 1.82) is 0 Å². The maximum absolute atomic E-state index is 12.5. The largest absolute Gasteiger partial charge is 0.292 e. The average Bonchev–Trinajstić information content (AvgIpc) is 3.10. The molecule has 0 saturated heterocycles. The zero-order valence-electron chi connectivity index (χ0n) is 12.6. The van der Waals surface area contributed by atoms with Crippen LogP contribution in [-0.2, 0) is 0 Å². The molecule has 0 radical (unpaired) electrons. The Morgan fingerprint density at radius 3 is 2.86 bits per heavy atom. The molecule has 0 aliphatic heterocycles. The highest BCUT2D eigenvalue weighted by molar-refractivity contribution is 7.99. The highest BCUT2D eigenvalue weighted by atomic mass is 32.2. The second kappa shape index (κ2) is 6.18. The maximum Gasteiger partial charge on any atom is 0.209 e. The monoisotopic (exact) mass is 332 g/mol. The van der Waals surface area contributed by atoms with E-state index < -0.39 is 0 Å². The lowest BCUT2D eigenvalue weighted by molar-refractivity contribution is 0.102. The number of thioether (sulfide) groups is 1. The fourth-order valence-electron chi connectivity index (χ4n) is 2.24. The molecule has 5 nitrogen and oxygen atoms in total. The van der Waals surface area contributed by atoms with Gasteiger partial charge in [-0.2, -0.15) is 0 Å². The number of Topliss-reactive ketones (excluding diaryl/α,β-unsaturated/α-hetero) is 1. The summed E-state index contributed by atoms with van der Waals surface area (Å²) >= 11 is 2.95. The van der Waals surface area contributed by atoms with Crippen LogP contribution >= 0.6 is 23.1 Å². The molecule has 2 heterocycles. The lowest BCUT2D eigenvalue weighted by atomic mass is 10.1. The van der Waals surface area contributed by atoms with Crippen LogP contribution in [0.4, 0.5) is 0 Å². The predicted octanol–water partition coefficient (Wildman–Crippen LogP) is 3.75. The summed E-state index contributed by atoms with van der Waals surface area (Å²) in [5, 5.41) is 13.5. The van der Waals surface area contributed by atoms with Gasteiger partial charge in [-0.15, -0.1) is 16.4 Å². The van der Waals surface area contributed by atoms with Gasteiger partial charge in [0.15, 0.2) is 5.78 Å². The number of hydrogen-bond acceptors (Lipinski definition) is 6. The van der Waals surface area contributed by atoms with Crippen LogP contribution in [0.25, 0.3) is 10.1 Å². The number of carbonyl (C=O) groups excluding carboxylic acids is 1. The first kappa shape index (κ1) is 15.2. The molecule has 0 spiro atoms. The van der Waals surface area contributed by atoms with E-state index in [2.05, 4.69) is 27.7 Å². The minimum atomic E-state index is 0.127. The van der Waals surface area contributed by atoms with Gasteiger partial charge in [0.2, 0.25) is 5.16 Å². The molecule has 0 N–H and O–H groups in total. The molecule has 2 aromatic heterocycles. The predicted molar refractivity (Wildman–Crippen MR) is 89.8 cm³/mol. The summed E-state index contributed by atoms with van der Waals surface area (Å²) in [4.78, 5) is 13.4. The van der Waals surface area contributed by atoms with Gasteiger partial charge in [0.25, 0.3) is 0 Å². The first-order valence-corrected chi connectivity index (χ1v) is 8.80. The molecule has 3 aromatic rings. The number of carbonyl (C=O) groups is 1. The smallest absolute Gasteiger partial charge is 0.209 e. The van der Waals surface area contributed by atoms with Crippen LogP contribution in [0.5, 0.6) is 0 Å². The van der Waals surface area contributed by atoms with Gasteiger partial charge < -0.3 is 0 Å². The highest BCUT2D eigenvalue weighted by Crippen LogP contribution is 2.32. The number of benzene rings is 1. The van der Waals surface area contributed by atoms with Crippen molar-refractivity contribution < 1.29 is 4.79 Å². The number of fused-ring (bicyclic) bond motifs is 1. The van der Waals surface area contributed by atoms with Crippen LogP contribution in [0.2, 0.25) is 0 Å². The third kappa shape index (κ3) is 2.78. The van der Waals surface area contributed by atoms with E-state index in [1.54, 1.807) is 16.0 Å². The summed E-state index contributed by atoms with van der Waals surface area (Å²) in [7, 11) is 0. The van der Waals surface area contributed by atoms with Crippen molar-refractivity contribution in [2.24, 2.45) is 0 Å². The average molecular weight is 332 g/mol. The van der Waals surface area contributed by atoms with Crippen LogP contribution < -0.4 is 0 Å². The molecule has 0 fully saturated rings. The lowest BCUT2D eigenvalue weighted by Gasteiger charge is -2.06. The minimum Gasteiger partial charge on any atom is -0.292 e. The Balaban J connectivity index is 1.79. The Kier molecular flexibility index (Phi) is 4.26. The summed E-state index contributed by atoms with van der Waals surface area (Å²) in [5.74, 6) is 0.475. The van der Waals surface area contributed by atoms with Gasteiger partial charge in [-0.3, -0.25) is 4.79 Å². The van der Waals surface area contributed by atoms with Crippen molar-refractivity contribution >= 4 is 39.0 Å². The fourth-order valence-corrected chi connectivity index (χ4v) is 4.36. The van der Waals surface area contributed by atoms with Crippen LogP contribution in [0, 0.1) is 6.92 Å². The van der Waals surface area contributed by atoms with Crippen molar-refractivity contribution in [3.8, 4) is 0 Å². The molecule has 3 rings (SSSR count). The number of hydrogen-bond donors (Lipinski definition) is 0. The zero-order chi connectivity index (χ0) is 15.7. The summed E-state index contributed by atoms with van der Waals surface area (Å²) in [6, 6.07) is 8.29. The molecule has 1 aromatic carbocycles. The zero-order valence-corrected chi connectivity index (χ0v) is 14.2. The van der Waals surface area contributed by atoms with E-state index in [4.69, 9.17) is 0 Å². The standard InChI is InChI=1S/C15H16N4OS2/c1-9(2)19-15(16-17-18-19)21-8-12(20)14-10(3)11-6-4-5-7-13(11)22-14/h4-7,9H,8H2,1-3H3. The Hall–Kier alpha value is -1.73. The molecule has 0 amide bonds. The molecule has 0 aliphatic carbocycles. The number of tetrazole rings is 1. The number of aromatic nitrogens is 4. The number of thiophene rings is 1. The van der Waals surface area contributed by atoms with Crippen LogP contribution in [0.15, 0.2) is 29.4 Å². The quantitative estimate of drug-likeness (QED) is 0.526. The molecule has 0 bridgehead atoms. The van der Waals surface area contributed by atoms with E-state index in [-0.39, 0.29) is 11.8 Å². The lowest BCUT2D eigenvalue weighted by Crippen LogP contribution is -2.07. The van der Waals surface area contributed by atoms with Crippen LogP contribution in [0.3, 0.4) is 0 Å². The molecular weight excluding hydrogens is 316 g/mol. The van der Waals surface area contributed by atoms with E-state index in [9.17, 15) is 4.79 Å². The van der Waals surface area contributed by atoms with E-state index in [0.717, 1.165) is 20.5 Å². The summed E-state index contributed by atoms with van der Waals surface area (Å²) in [6.07, 6.45) is 0. The number of aryl methyl sites for hydroxylation is 1. The maximum atomic E-state index is 12.5. The van der Waals surface area contributed by atoms with Crippen LogP contribution in [0.1, 0.15) is 35.1 Å². The third-order valence-corrected chi connectivity index (χ3v) is 5.63. The first-order valence-electron chi connectivity index (χ1n) is 7.00. The molecule has 0 saturated carbocycles. The molecule has 22 heavy (non-hydrogen) atoms. The second-order valence-electron chi connectivity index (χ2n) is 5.26. The van der Waals surface area contributed by atoms with E-state index in [1.807, 2.05) is 32.9 Å². The molecule has 7 heteroatoms. The normalized spacial score (nSPS) is 11.5. The Morgan fingerprint density at radius 1 is 1.36 bits per heavy atom. The number of nitrogens with zero attached hydrogens (tertiary/aromatic N) is 4. The van der Waals surface area contributed by atoms with Crippen molar-refractivity contribution in [3.63, 3.8) is 0 Å². The van der Waals surface area contributed by atoms with Gasteiger partial charge >= 0.3 is 0 Å². The van der Waals surface area contributed by atoms with E-state index in [1.165, 1.54) is 11.8 Å². The summed E-state index contributed by atoms with van der Waals surface area (Å²) in [6.45, 7) is 6.03. The second-order valence-corrected chi connectivity index (χ2v) is 7.26. The van der Waals surface area contributed by atoms with Gasteiger partial charge in [-0.25, -0.2) is 4.68 Å². The van der Waals surface area contributed by atoms with Crippen molar-refractivity contribution in [3.05, 3.63) is 34.7 Å². The summed E-state index contributed by atoms with van der Waals surface area (Å²) in [5.41, 5.74) is 1.06. The topological polar surface area (TPSA) is 60.7 Å². The van der Waals surface area contributed by atoms with Crippen LogP contribution in [-0.4, -0.2) is 31.7 Å². The first-order chi connectivity index (χ1) is 10.6. The van der Waals surface area contributed by atoms with Gasteiger partial charge in [0.05, 0.1) is 16.7 Å². The van der Waals surface area contributed by atoms with Crippen molar-refractivity contribution in [2.75, 3.05) is 5.75 Å². The van der Waals surface area contributed by atoms with Gasteiger partial charge in [0.1, 0.15) is 0 Å². The molecule has 114 valence electrons. The van der Waals surface area contributed by atoms with Crippen molar-refractivity contribution in [2.45, 2.75) is 32.0 Å². The minimum absolute atomic E-state index is 0.127. The molecule has 0 aliphatic rings. The Labute approximate surface area is 136 Å². The van der Waals surface area contributed by atoms with Gasteiger partial charge in [0, 0.05) is 4.70 Å². The molecule has 0 unspecified atom stereocenters. The SMILES string of the molecule is Cc1c(C(=O)CSc2nnnn2C(C)C)sc2ccccc12. The molecule has 0 atom stereocenters. The fraction of sp³-hybridized carbons (Fsp3) is 0.333. The number of rotatable bonds is 5. The third-order valence-electron chi connectivity index (χ3n) is 3.38.